The normalized spacial score (nSPS) is 25.0. The van der Waals surface area contributed by atoms with Gasteiger partial charge in [-0.25, -0.2) is 4.39 Å². The highest BCUT2D eigenvalue weighted by Crippen LogP contribution is 2.41. The molecule has 0 saturated carbocycles. The monoisotopic (exact) mass is 199 g/mol. The summed E-state index contributed by atoms with van der Waals surface area (Å²) in [4.78, 5) is 0. The number of alkyl halides is 2. The van der Waals surface area contributed by atoms with E-state index in [1.807, 2.05) is 0 Å². The van der Waals surface area contributed by atoms with Gasteiger partial charge >= 0.3 is 0 Å². The Labute approximate surface area is 78.6 Å². The molecule has 0 aromatic heterocycles. The first-order chi connectivity index (χ1) is 6.74. The second kappa shape index (κ2) is 3.25. The summed E-state index contributed by atoms with van der Waals surface area (Å²) in [5.74, 6) is 0.155. The molecule has 0 saturated heterocycles. The van der Waals surface area contributed by atoms with Gasteiger partial charge < -0.3 is 9.94 Å². The van der Waals surface area contributed by atoms with E-state index in [4.69, 9.17) is 5.21 Å². The molecule has 1 aliphatic heterocycles. The standard InChI is InChI=1S/C9H7F2NO2/c10-8-7-5(4-12-13)2-1-3-6(7)14-9(8)11/h1-4,8-9,13H. The Morgan fingerprint density at radius 3 is 2.93 bits per heavy atom. The van der Waals surface area contributed by atoms with Crippen molar-refractivity contribution in [2.24, 2.45) is 5.16 Å². The van der Waals surface area contributed by atoms with Gasteiger partial charge in [-0.05, 0) is 6.07 Å². The smallest absolute Gasteiger partial charge is 0.273 e. The van der Waals surface area contributed by atoms with Crippen LogP contribution in [0.1, 0.15) is 17.3 Å². The van der Waals surface area contributed by atoms with Gasteiger partial charge in [0.2, 0.25) is 0 Å². The van der Waals surface area contributed by atoms with Crippen LogP contribution in [0.2, 0.25) is 0 Å². The van der Waals surface area contributed by atoms with Crippen LogP contribution in [0.25, 0.3) is 0 Å². The number of oxime groups is 1. The molecule has 1 aliphatic rings. The Morgan fingerprint density at radius 1 is 1.43 bits per heavy atom. The molecule has 5 heteroatoms. The molecule has 1 aromatic carbocycles. The Morgan fingerprint density at radius 2 is 2.21 bits per heavy atom. The largest absolute Gasteiger partial charge is 0.456 e. The van der Waals surface area contributed by atoms with Crippen LogP contribution in [0.3, 0.4) is 0 Å². The maximum absolute atomic E-state index is 13.3. The first kappa shape index (κ1) is 8.93. The van der Waals surface area contributed by atoms with Crippen molar-refractivity contribution in [3.05, 3.63) is 29.3 Å². The molecule has 0 spiro atoms. The van der Waals surface area contributed by atoms with Crippen molar-refractivity contribution < 1.29 is 18.7 Å². The number of hydrogen-bond acceptors (Lipinski definition) is 3. The zero-order valence-electron chi connectivity index (χ0n) is 7.02. The molecule has 0 fully saturated rings. The van der Waals surface area contributed by atoms with Crippen LogP contribution in [0.4, 0.5) is 8.78 Å². The van der Waals surface area contributed by atoms with E-state index in [0.29, 0.717) is 5.56 Å². The summed E-state index contributed by atoms with van der Waals surface area (Å²) in [6.07, 6.45) is -2.75. The number of ether oxygens (including phenoxy) is 1. The summed E-state index contributed by atoms with van der Waals surface area (Å²) >= 11 is 0. The first-order valence-corrected chi connectivity index (χ1v) is 3.99. The van der Waals surface area contributed by atoms with E-state index in [9.17, 15) is 8.78 Å². The lowest BCUT2D eigenvalue weighted by Gasteiger charge is -2.01. The van der Waals surface area contributed by atoms with Crippen molar-refractivity contribution in [3.63, 3.8) is 0 Å². The van der Waals surface area contributed by atoms with Crippen molar-refractivity contribution in [1.29, 1.82) is 0 Å². The van der Waals surface area contributed by atoms with Crippen molar-refractivity contribution in [2.75, 3.05) is 0 Å². The van der Waals surface area contributed by atoms with Crippen molar-refractivity contribution in [3.8, 4) is 5.75 Å². The van der Waals surface area contributed by atoms with E-state index in [1.54, 1.807) is 6.07 Å². The highest BCUT2D eigenvalue weighted by atomic mass is 19.2. The fraction of sp³-hybridized carbons (Fsp3) is 0.222. The quantitative estimate of drug-likeness (QED) is 0.428. The summed E-state index contributed by atoms with van der Waals surface area (Å²) in [5, 5.41) is 11.1. The zero-order chi connectivity index (χ0) is 10.1. The average molecular weight is 199 g/mol. The molecular weight excluding hydrogens is 192 g/mol. The minimum atomic E-state index is -1.97. The first-order valence-electron chi connectivity index (χ1n) is 3.99. The minimum absolute atomic E-state index is 0.0952. The highest BCUT2D eigenvalue weighted by Gasteiger charge is 2.36. The van der Waals surface area contributed by atoms with E-state index in [-0.39, 0.29) is 11.3 Å². The predicted octanol–water partition coefficient (Wildman–Crippen LogP) is 2.19. The lowest BCUT2D eigenvalue weighted by molar-refractivity contribution is 0.0215. The molecule has 0 aliphatic carbocycles. The number of fused-ring (bicyclic) bond motifs is 1. The number of nitrogens with zero attached hydrogens (tertiary/aromatic N) is 1. The second-order valence-corrected chi connectivity index (χ2v) is 2.87. The molecule has 0 radical (unpaired) electrons. The van der Waals surface area contributed by atoms with Gasteiger partial charge in [-0.1, -0.05) is 17.3 Å². The molecule has 1 aromatic rings. The summed E-state index contributed by atoms with van der Waals surface area (Å²) in [6.45, 7) is 0. The van der Waals surface area contributed by atoms with Crippen LogP contribution in [0, 0.1) is 0 Å². The molecule has 3 nitrogen and oxygen atoms in total. The molecule has 0 amide bonds. The predicted molar refractivity (Wildman–Crippen MR) is 45.2 cm³/mol. The summed E-state index contributed by atoms with van der Waals surface area (Å²) in [6, 6.07) is 4.56. The van der Waals surface area contributed by atoms with E-state index >= 15 is 0 Å². The van der Waals surface area contributed by atoms with Crippen LogP contribution < -0.4 is 4.74 Å². The topological polar surface area (TPSA) is 41.8 Å². The number of rotatable bonds is 1. The Hall–Kier alpha value is -1.65. The zero-order valence-corrected chi connectivity index (χ0v) is 7.02. The van der Waals surface area contributed by atoms with E-state index in [2.05, 4.69) is 9.89 Å². The van der Waals surface area contributed by atoms with Crippen LogP contribution in [0.5, 0.6) is 5.75 Å². The van der Waals surface area contributed by atoms with Crippen LogP contribution >= 0.6 is 0 Å². The maximum atomic E-state index is 13.3. The minimum Gasteiger partial charge on any atom is -0.456 e. The molecule has 2 rings (SSSR count). The van der Waals surface area contributed by atoms with E-state index in [1.165, 1.54) is 12.1 Å². The lowest BCUT2D eigenvalue weighted by Crippen LogP contribution is -2.08. The number of benzene rings is 1. The van der Waals surface area contributed by atoms with Gasteiger partial charge in [-0.2, -0.15) is 4.39 Å². The Kier molecular flexibility index (Phi) is 2.07. The number of hydrogen-bond donors (Lipinski definition) is 1. The second-order valence-electron chi connectivity index (χ2n) is 2.87. The van der Waals surface area contributed by atoms with Crippen molar-refractivity contribution >= 4 is 6.21 Å². The maximum Gasteiger partial charge on any atom is 0.273 e. The highest BCUT2D eigenvalue weighted by molar-refractivity contribution is 5.83. The molecule has 1 heterocycles. The van der Waals surface area contributed by atoms with Crippen LogP contribution in [-0.4, -0.2) is 17.8 Å². The summed E-state index contributed by atoms with van der Waals surface area (Å²) < 4.78 is 30.7. The Bertz CT molecular complexity index is 381. The number of halogens is 2. The molecule has 1 N–H and O–H groups in total. The SMILES string of the molecule is ON=Cc1cccc2c1C(F)C(F)O2. The molecule has 2 unspecified atom stereocenters. The third-order valence-electron chi connectivity index (χ3n) is 2.04. The third kappa shape index (κ3) is 1.21. The average Bonchev–Trinajstić information content (AvgIpc) is 2.45. The third-order valence-corrected chi connectivity index (χ3v) is 2.04. The van der Waals surface area contributed by atoms with Gasteiger partial charge in [0.1, 0.15) is 5.75 Å². The van der Waals surface area contributed by atoms with Gasteiger partial charge in [0, 0.05) is 11.1 Å². The lowest BCUT2D eigenvalue weighted by atomic mass is 10.0. The molecule has 74 valence electrons. The van der Waals surface area contributed by atoms with Crippen molar-refractivity contribution in [1.82, 2.24) is 0 Å². The van der Waals surface area contributed by atoms with Gasteiger partial charge in [-0.15, -0.1) is 0 Å². The fourth-order valence-electron chi connectivity index (χ4n) is 1.45. The van der Waals surface area contributed by atoms with Gasteiger partial charge in [0.05, 0.1) is 6.21 Å². The molecular formula is C9H7F2NO2. The van der Waals surface area contributed by atoms with Gasteiger partial charge in [0.25, 0.3) is 6.36 Å². The summed E-state index contributed by atoms with van der Waals surface area (Å²) in [5.41, 5.74) is 0.412. The van der Waals surface area contributed by atoms with E-state index in [0.717, 1.165) is 6.21 Å². The molecule has 0 bridgehead atoms. The van der Waals surface area contributed by atoms with E-state index < -0.39 is 12.5 Å². The van der Waals surface area contributed by atoms with Crippen LogP contribution in [0.15, 0.2) is 23.4 Å². The summed E-state index contributed by atoms with van der Waals surface area (Å²) in [7, 11) is 0. The molecule has 2 atom stereocenters. The van der Waals surface area contributed by atoms with Crippen molar-refractivity contribution in [2.45, 2.75) is 12.5 Å². The Balaban J connectivity index is 2.52. The molecule has 14 heavy (non-hydrogen) atoms. The van der Waals surface area contributed by atoms with Gasteiger partial charge in [-0.3, -0.25) is 0 Å². The fourth-order valence-corrected chi connectivity index (χ4v) is 1.45. The van der Waals surface area contributed by atoms with Crippen LogP contribution in [-0.2, 0) is 0 Å². The van der Waals surface area contributed by atoms with Gasteiger partial charge in [0.15, 0.2) is 6.17 Å².